The summed E-state index contributed by atoms with van der Waals surface area (Å²) < 4.78 is 38.0. The van der Waals surface area contributed by atoms with Crippen molar-refractivity contribution >= 4 is 29.5 Å². The van der Waals surface area contributed by atoms with Gasteiger partial charge in [0, 0.05) is 6.54 Å². The molecule has 5 nitrogen and oxygen atoms in total. The van der Waals surface area contributed by atoms with Crippen LogP contribution >= 0.6 is 11.8 Å². The van der Waals surface area contributed by atoms with Gasteiger partial charge in [-0.25, -0.2) is 0 Å². The number of halogens is 3. The van der Waals surface area contributed by atoms with Crippen molar-refractivity contribution in [2.75, 3.05) is 18.6 Å². The lowest BCUT2D eigenvalue weighted by atomic mass is 9.81. The van der Waals surface area contributed by atoms with Gasteiger partial charge >= 0.3 is 6.18 Å². The minimum absolute atomic E-state index is 0.211. The number of likely N-dealkylation sites (tertiary alicyclic amines) is 1. The van der Waals surface area contributed by atoms with E-state index in [4.69, 9.17) is 0 Å². The molecule has 0 radical (unpaired) electrons. The summed E-state index contributed by atoms with van der Waals surface area (Å²) in [4.78, 5) is 39.9. The summed E-state index contributed by atoms with van der Waals surface area (Å²) >= 11 is 1.54. The molecule has 31 heavy (non-hydrogen) atoms. The van der Waals surface area contributed by atoms with E-state index in [1.165, 1.54) is 28.8 Å². The maximum Gasteiger partial charge on any atom is 0.416 e. The molecule has 1 aliphatic carbocycles. The highest BCUT2D eigenvalue weighted by atomic mass is 32.2. The van der Waals surface area contributed by atoms with Crippen LogP contribution in [0.15, 0.2) is 24.3 Å². The number of amides is 3. The zero-order valence-corrected chi connectivity index (χ0v) is 18.2. The van der Waals surface area contributed by atoms with Crippen LogP contribution < -0.4 is 5.32 Å². The van der Waals surface area contributed by atoms with Crippen molar-refractivity contribution in [1.29, 1.82) is 0 Å². The predicted octanol–water partition coefficient (Wildman–Crippen LogP) is 3.66. The molecular weight excluding hydrogens is 429 g/mol. The van der Waals surface area contributed by atoms with Gasteiger partial charge in [0.15, 0.2) is 0 Å². The van der Waals surface area contributed by atoms with Gasteiger partial charge in [0.05, 0.1) is 17.4 Å². The second-order valence-corrected chi connectivity index (χ2v) is 9.06. The van der Waals surface area contributed by atoms with Gasteiger partial charge in [-0.2, -0.15) is 24.9 Å². The van der Waals surface area contributed by atoms with Crippen molar-refractivity contribution in [3.8, 4) is 0 Å². The molecular formula is C22H27F3N2O3S. The molecule has 2 aliphatic rings. The van der Waals surface area contributed by atoms with E-state index in [0.717, 1.165) is 25.0 Å². The summed E-state index contributed by atoms with van der Waals surface area (Å²) in [5.74, 6) is -0.849. The van der Waals surface area contributed by atoms with Crippen LogP contribution in [0, 0.1) is 11.8 Å². The first-order chi connectivity index (χ1) is 14.7. The van der Waals surface area contributed by atoms with Crippen molar-refractivity contribution in [3.05, 3.63) is 35.4 Å². The summed E-state index contributed by atoms with van der Waals surface area (Å²) in [5, 5.41) is 2.77. The van der Waals surface area contributed by atoms with Gasteiger partial charge < -0.3 is 5.32 Å². The molecule has 1 heterocycles. The lowest BCUT2D eigenvalue weighted by Gasteiger charge is -2.26. The third-order valence-corrected chi connectivity index (χ3v) is 6.72. The largest absolute Gasteiger partial charge is 0.416 e. The number of hydrogen-bond acceptors (Lipinski definition) is 4. The molecule has 3 unspecified atom stereocenters. The Labute approximate surface area is 184 Å². The van der Waals surface area contributed by atoms with Gasteiger partial charge in [0.1, 0.15) is 6.04 Å². The quantitative estimate of drug-likeness (QED) is 0.607. The van der Waals surface area contributed by atoms with Gasteiger partial charge in [-0.05, 0) is 55.4 Å². The van der Waals surface area contributed by atoms with E-state index >= 15 is 0 Å². The van der Waals surface area contributed by atoms with Crippen molar-refractivity contribution in [3.63, 3.8) is 0 Å². The number of fused-ring (bicyclic) bond motifs is 1. The van der Waals surface area contributed by atoms with Crippen LogP contribution in [0.25, 0.3) is 0 Å². The highest BCUT2D eigenvalue weighted by Crippen LogP contribution is 2.39. The number of thioether (sulfide) groups is 1. The van der Waals surface area contributed by atoms with Crippen molar-refractivity contribution in [1.82, 2.24) is 10.2 Å². The predicted molar refractivity (Wildman–Crippen MR) is 112 cm³/mol. The Morgan fingerprint density at radius 3 is 2.23 bits per heavy atom. The summed E-state index contributed by atoms with van der Waals surface area (Å²) in [6.07, 6.45) is 1.46. The van der Waals surface area contributed by atoms with Crippen LogP contribution in [0.3, 0.4) is 0 Å². The van der Waals surface area contributed by atoms with Gasteiger partial charge in [0.2, 0.25) is 17.7 Å². The first-order valence-corrected chi connectivity index (χ1v) is 11.9. The molecule has 1 saturated heterocycles. The Morgan fingerprint density at radius 2 is 1.71 bits per heavy atom. The van der Waals surface area contributed by atoms with Crippen molar-refractivity contribution < 1.29 is 27.6 Å². The Kier molecular flexibility index (Phi) is 7.67. The Balaban J connectivity index is 1.62. The average Bonchev–Trinajstić information content (AvgIpc) is 2.99. The molecule has 0 aromatic heterocycles. The normalized spacial score (nSPS) is 22.4. The molecule has 3 atom stereocenters. The van der Waals surface area contributed by atoms with Crippen LogP contribution in [-0.4, -0.2) is 47.2 Å². The van der Waals surface area contributed by atoms with E-state index in [0.29, 0.717) is 37.0 Å². The number of nitrogens with zero attached hydrogens (tertiary/aromatic N) is 1. The monoisotopic (exact) mass is 456 g/mol. The number of carbonyl (C=O) groups excluding carboxylic acids is 3. The number of carbonyl (C=O) groups is 3. The highest BCUT2D eigenvalue weighted by molar-refractivity contribution is 7.98. The van der Waals surface area contributed by atoms with Crippen molar-refractivity contribution in [2.24, 2.45) is 11.8 Å². The van der Waals surface area contributed by atoms with Gasteiger partial charge in [0.25, 0.3) is 0 Å². The Bertz CT molecular complexity index is 789. The summed E-state index contributed by atoms with van der Waals surface area (Å²) in [7, 11) is 0. The summed E-state index contributed by atoms with van der Waals surface area (Å²) in [6, 6.07) is 3.96. The third kappa shape index (κ3) is 5.42. The zero-order chi connectivity index (χ0) is 22.6. The standard InChI is InChI=1S/C22H27F3N2O3S/c1-31-13-11-18(27-20(29)16-4-2-3-5-17(16)21(27)30)19(28)26-12-10-14-6-8-15(9-7-14)22(23,24)25/h6-9,16-18H,2-5,10-13H2,1H3,(H,26,28). The second-order valence-electron chi connectivity index (χ2n) is 8.08. The summed E-state index contributed by atoms with van der Waals surface area (Å²) in [6.45, 7) is 0.211. The fourth-order valence-corrected chi connectivity index (χ4v) is 4.87. The second kappa shape index (κ2) is 10.1. The third-order valence-electron chi connectivity index (χ3n) is 6.08. The van der Waals surface area contributed by atoms with Gasteiger partial charge in [-0.1, -0.05) is 25.0 Å². The highest BCUT2D eigenvalue weighted by Gasteiger charge is 2.51. The van der Waals surface area contributed by atoms with E-state index in [-0.39, 0.29) is 36.1 Å². The fourth-order valence-electron chi connectivity index (χ4n) is 4.41. The molecule has 1 aliphatic heterocycles. The van der Waals surface area contributed by atoms with E-state index in [9.17, 15) is 27.6 Å². The van der Waals surface area contributed by atoms with Crippen LogP contribution in [-0.2, 0) is 27.0 Å². The summed E-state index contributed by atoms with van der Waals surface area (Å²) in [5.41, 5.74) is -0.0572. The number of alkyl halides is 3. The Hall–Kier alpha value is -2.03. The molecule has 0 bridgehead atoms. The van der Waals surface area contributed by atoms with Crippen LogP contribution in [0.1, 0.15) is 43.2 Å². The van der Waals surface area contributed by atoms with Crippen LogP contribution in [0.4, 0.5) is 13.2 Å². The molecule has 3 amide bonds. The number of rotatable bonds is 8. The molecule has 1 aromatic carbocycles. The molecule has 170 valence electrons. The molecule has 1 saturated carbocycles. The maximum atomic E-state index is 12.9. The topological polar surface area (TPSA) is 66.5 Å². The SMILES string of the molecule is CSCCC(C(=O)NCCc1ccc(C(F)(F)F)cc1)N1C(=O)C2CCCCC2C1=O. The lowest BCUT2D eigenvalue weighted by molar-refractivity contribution is -0.148. The minimum Gasteiger partial charge on any atom is -0.354 e. The van der Waals surface area contributed by atoms with Crippen molar-refractivity contribution in [2.45, 2.75) is 50.7 Å². The first kappa shape index (κ1) is 23.6. The van der Waals surface area contributed by atoms with E-state index in [2.05, 4.69) is 5.32 Å². The lowest BCUT2D eigenvalue weighted by Crippen LogP contribution is -2.50. The molecule has 9 heteroatoms. The molecule has 2 fully saturated rings. The molecule has 1 N–H and O–H groups in total. The maximum absolute atomic E-state index is 12.9. The van der Waals surface area contributed by atoms with Crippen LogP contribution in [0.2, 0.25) is 0 Å². The molecule has 3 rings (SSSR count). The van der Waals surface area contributed by atoms with Gasteiger partial charge in [-0.3, -0.25) is 19.3 Å². The number of hydrogen-bond donors (Lipinski definition) is 1. The number of benzene rings is 1. The molecule has 1 aromatic rings. The van der Waals surface area contributed by atoms with E-state index in [1.807, 2.05) is 6.26 Å². The number of nitrogens with one attached hydrogen (secondary N) is 1. The minimum atomic E-state index is -4.39. The van der Waals surface area contributed by atoms with Crippen LogP contribution in [0.5, 0.6) is 0 Å². The fraction of sp³-hybridized carbons (Fsp3) is 0.591. The van der Waals surface area contributed by atoms with E-state index < -0.39 is 17.8 Å². The number of imide groups is 1. The Morgan fingerprint density at radius 1 is 1.13 bits per heavy atom. The van der Waals surface area contributed by atoms with E-state index in [1.54, 1.807) is 0 Å². The molecule has 0 spiro atoms. The van der Waals surface area contributed by atoms with Gasteiger partial charge in [-0.15, -0.1) is 0 Å². The zero-order valence-electron chi connectivity index (χ0n) is 17.4. The first-order valence-electron chi connectivity index (χ1n) is 10.5. The smallest absolute Gasteiger partial charge is 0.354 e. The average molecular weight is 457 g/mol.